The highest BCUT2D eigenvalue weighted by Crippen LogP contribution is 2.30. The highest BCUT2D eigenvalue weighted by atomic mass is 28.3. The van der Waals surface area contributed by atoms with Crippen molar-refractivity contribution >= 4 is 25.5 Å². The lowest BCUT2D eigenvalue weighted by Crippen LogP contribution is -2.24. The molecule has 2 aliphatic heterocycles. The number of rotatable bonds is 9. The summed E-state index contributed by atoms with van der Waals surface area (Å²) in [5.41, 5.74) is 2.80. The van der Waals surface area contributed by atoms with E-state index in [1.54, 1.807) is 22.0 Å². The first-order valence-electron chi connectivity index (χ1n) is 12.3. The number of carbonyl (C=O) groups excluding carboxylic acids is 1. The SMILES string of the molecule is C[Si](C)(C)CCOCOc1cccc(N2Cc3nn(-c4ccc(N5CC[C@@H](F)C5)nc4)cc3C2=O)c1. The largest absolute Gasteiger partial charge is 0.467 e. The monoisotopic (exact) mass is 509 g/mol. The minimum Gasteiger partial charge on any atom is -0.467 e. The molecule has 0 spiro atoms. The Bertz CT molecular complexity index is 1230. The molecule has 1 saturated heterocycles. The molecule has 0 radical (unpaired) electrons. The molecule has 2 aromatic heterocycles. The van der Waals surface area contributed by atoms with Gasteiger partial charge in [-0.25, -0.2) is 14.1 Å². The maximum absolute atomic E-state index is 13.5. The number of hydrogen-bond acceptors (Lipinski definition) is 6. The molecule has 1 amide bonds. The summed E-state index contributed by atoms with van der Waals surface area (Å²) in [6.07, 6.45) is 3.19. The molecule has 1 aromatic carbocycles. The van der Waals surface area contributed by atoms with E-state index >= 15 is 0 Å². The van der Waals surface area contributed by atoms with E-state index in [9.17, 15) is 9.18 Å². The topological polar surface area (TPSA) is 72.7 Å². The van der Waals surface area contributed by atoms with Gasteiger partial charge in [0.15, 0.2) is 6.79 Å². The Morgan fingerprint density at radius 1 is 1.17 bits per heavy atom. The van der Waals surface area contributed by atoms with Crippen LogP contribution < -0.4 is 14.5 Å². The molecule has 2 aliphatic rings. The average Bonchev–Trinajstić information content (AvgIpc) is 3.55. The number of hydrogen-bond donors (Lipinski definition) is 0. The zero-order valence-electron chi connectivity index (χ0n) is 21.0. The average molecular weight is 510 g/mol. The number of amides is 1. The van der Waals surface area contributed by atoms with Crippen LogP contribution in [0.4, 0.5) is 15.9 Å². The maximum atomic E-state index is 13.5. The van der Waals surface area contributed by atoms with Crippen molar-refractivity contribution in [3.8, 4) is 11.4 Å². The zero-order chi connectivity index (χ0) is 25.3. The first-order chi connectivity index (χ1) is 17.3. The van der Waals surface area contributed by atoms with Crippen LogP contribution in [0.3, 0.4) is 0 Å². The van der Waals surface area contributed by atoms with Crippen LogP contribution in [0.1, 0.15) is 22.5 Å². The summed E-state index contributed by atoms with van der Waals surface area (Å²) in [7, 11) is -1.13. The number of nitrogens with zero attached hydrogens (tertiary/aromatic N) is 5. The zero-order valence-corrected chi connectivity index (χ0v) is 22.0. The van der Waals surface area contributed by atoms with Gasteiger partial charge in [0, 0.05) is 39.2 Å². The number of anilines is 2. The van der Waals surface area contributed by atoms with E-state index in [2.05, 4.69) is 29.7 Å². The molecule has 4 heterocycles. The minimum absolute atomic E-state index is 0.101. The molecule has 1 fully saturated rings. The number of pyridine rings is 1. The predicted molar refractivity (Wildman–Crippen MR) is 140 cm³/mol. The first kappa shape index (κ1) is 24.5. The molecule has 3 aromatic rings. The summed E-state index contributed by atoms with van der Waals surface area (Å²) in [6, 6.07) is 12.3. The Hall–Kier alpha value is -3.24. The number of alkyl halides is 1. The second-order valence-electron chi connectivity index (χ2n) is 10.5. The van der Waals surface area contributed by atoms with Crippen LogP contribution in [0.25, 0.3) is 5.69 Å². The van der Waals surface area contributed by atoms with Crippen molar-refractivity contribution in [2.24, 2.45) is 0 Å². The third-order valence-electron chi connectivity index (χ3n) is 6.46. The summed E-state index contributed by atoms with van der Waals surface area (Å²) in [6.45, 7) is 9.25. The van der Waals surface area contributed by atoms with E-state index in [4.69, 9.17) is 9.47 Å². The maximum Gasteiger partial charge on any atom is 0.262 e. The minimum atomic E-state index is -1.13. The fourth-order valence-corrected chi connectivity index (χ4v) is 5.08. The van der Waals surface area contributed by atoms with Gasteiger partial charge in [-0.1, -0.05) is 25.7 Å². The van der Waals surface area contributed by atoms with Crippen LogP contribution in [0, 0.1) is 0 Å². The predicted octanol–water partition coefficient (Wildman–Crippen LogP) is 4.67. The highest BCUT2D eigenvalue weighted by Gasteiger charge is 2.32. The van der Waals surface area contributed by atoms with Crippen LogP contribution in [0.15, 0.2) is 48.8 Å². The third kappa shape index (κ3) is 5.44. The van der Waals surface area contributed by atoms with E-state index in [0.717, 1.165) is 23.2 Å². The molecule has 1 atom stereocenters. The Morgan fingerprint density at radius 2 is 2.03 bits per heavy atom. The standard InChI is InChI=1S/C26H32FN5O3Si/c1-36(2,3)12-11-34-18-35-22-6-4-5-20(13-22)31-17-24-23(26(31)33)16-32(29-24)21-7-8-25(28-14-21)30-10-9-19(27)15-30/h4-8,13-14,16,19H,9-12,15,17-18H2,1-3H3/t19-/m1/s1. The number of benzene rings is 1. The fraction of sp³-hybridized carbons (Fsp3) is 0.423. The van der Waals surface area contributed by atoms with Crippen LogP contribution in [-0.2, 0) is 11.3 Å². The van der Waals surface area contributed by atoms with Gasteiger partial charge < -0.3 is 19.3 Å². The van der Waals surface area contributed by atoms with Crippen molar-refractivity contribution in [2.45, 2.75) is 44.8 Å². The molecular formula is C26H32FN5O3Si. The molecule has 10 heteroatoms. The number of aromatic nitrogens is 3. The third-order valence-corrected chi connectivity index (χ3v) is 8.16. The van der Waals surface area contributed by atoms with Crippen LogP contribution in [0.5, 0.6) is 5.75 Å². The Balaban J connectivity index is 1.21. The molecule has 0 saturated carbocycles. The molecule has 5 rings (SSSR count). The van der Waals surface area contributed by atoms with Gasteiger partial charge in [0.2, 0.25) is 0 Å². The number of carbonyl (C=O) groups is 1. The second kappa shape index (κ2) is 10.0. The van der Waals surface area contributed by atoms with Crippen molar-refractivity contribution in [1.82, 2.24) is 14.8 Å². The fourth-order valence-electron chi connectivity index (χ4n) is 4.33. The van der Waals surface area contributed by atoms with E-state index in [-0.39, 0.29) is 12.7 Å². The lowest BCUT2D eigenvalue weighted by molar-refractivity contribution is 0.0221. The molecule has 8 nitrogen and oxygen atoms in total. The lowest BCUT2D eigenvalue weighted by Gasteiger charge is -2.18. The van der Waals surface area contributed by atoms with Gasteiger partial charge >= 0.3 is 0 Å². The first-order valence-corrected chi connectivity index (χ1v) is 16.0. The van der Waals surface area contributed by atoms with Crippen molar-refractivity contribution < 1.29 is 18.7 Å². The molecule has 0 unspecified atom stereocenters. The van der Waals surface area contributed by atoms with E-state index in [1.165, 1.54) is 0 Å². The van der Waals surface area contributed by atoms with Gasteiger partial charge in [-0.2, -0.15) is 5.10 Å². The number of fused-ring (bicyclic) bond motifs is 1. The molecular weight excluding hydrogens is 477 g/mol. The van der Waals surface area contributed by atoms with E-state index < -0.39 is 14.2 Å². The molecule has 0 aliphatic carbocycles. The van der Waals surface area contributed by atoms with Gasteiger partial charge in [0.05, 0.1) is 36.2 Å². The molecule has 0 bridgehead atoms. The quantitative estimate of drug-likeness (QED) is 0.237. The van der Waals surface area contributed by atoms with Crippen molar-refractivity contribution in [3.63, 3.8) is 0 Å². The summed E-state index contributed by atoms with van der Waals surface area (Å²) in [4.78, 5) is 21.3. The molecule has 0 N–H and O–H groups in total. The Labute approximate surface area is 211 Å². The van der Waals surface area contributed by atoms with Gasteiger partial charge in [0.25, 0.3) is 5.91 Å². The van der Waals surface area contributed by atoms with Gasteiger partial charge in [-0.15, -0.1) is 0 Å². The number of ether oxygens (including phenoxy) is 2. The second-order valence-corrected chi connectivity index (χ2v) is 16.1. The normalized spacial score (nSPS) is 17.7. The van der Waals surface area contributed by atoms with E-state index in [0.29, 0.717) is 49.7 Å². The smallest absolute Gasteiger partial charge is 0.262 e. The van der Waals surface area contributed by atoms with Gasteiger partial charge in [-0.3, -0.25) is 4.79 Å². The highest BCUT2D eigenvalue weighted by molar-refractivity contribution is 6.76. The number of halogens is 1. The summed E-state index contributed by atoms with van der Waals surface area (Å²) < 4.78 is 26.6. The van der Waals surface area contributed by atoms with Crippen LogP contribution in [-0.4, -0.2) is 61.4 Å². The molecule has 36 heavy (non-hydrogen) atoms. The Kier molecular flexibility index (Phi) is 6.81. The van der Waals surface area contributed by atoms with Crippen molar-refractivity contribution in [1.29, 1.82) is 0 Å². The summed E-state index contributed by atoms with van der Waals surface area (Å²) in [5, 5.41) is 4.63. The van der Waals surface area contributed by atoms with Gasteiger partial charge in [0.1, 0.15) is 17.7 Å². The van der Waals surface area contributed by atoms with Crippen LogP contribution >= 0.6 is 0 Å². The van der Waals surface area contributed by atoms with Crippen molar-refractivity contribution in [3.05, 3.63) is 60.0 Å². The van der Waals surface area contributed by atoms with Gasteiger partial charge in [-0.05, 0) is 36.7 Å². The van der Waals surface area contributed by atoms with E-state index in [1.807, 2.05) is 41.3 Å². The molecule has 190 valence electrons. The van der Waals surface area contributed by atoms with Crippen molar-refractivity contribution in [2.75, 3.05) is 36.3 Å². The summed E-state index contributed by atoms with van der Waals surface area (Å²) in [5.74, 6) is 1.31. The lowest BCUT2D eigenvalue weighted by atomic mass is 10.2. The summed E-state index contributed by atoms with van der Waals surface area (Å²) >= 11 is 0. The Morgan fingerprint density at radius 3 is 2.72 bits per heavy atom. The van der Waals surface area contributed by atoms with Crippen LogP contribution in [0.2, 0.25) is 25.7 Å².